The molecule has 1 saturated heterocycles. The fraction of sp³-hybridized carbons (Fsp3) is 0.588. The van der Waals surface area contributed by atoms with E-state index in [2.05, 4.69) is 27.5 Å². The number of carbonyl (C=O) groups is 1. The highest BCUT2D eigenvalue weighted by molar-refractivity contribution is 5.92. The molecule has 128 valence electrons. The Morgan fingerprint density at radius 1 is 1.17 bits per heavy atom. The fourth-order valence-corrected chi connectivity index (χ4v) is 2.55. The second-order valence-corrected chi connectivity index (χ2v) is 7.00. The molecule has 0 unspecified atom stereocenters. The first kappa shape index (κ1) is 17.4. The van der Waals surface area contributed by atoms with Crippen molar-refractivity contribution in [3.05, 3.63) is 18.2 Å². The van der Waals surface area contributed by atoms with Crippen molar-refractivity contribution in [2.75, 3.05) is 50.6 Å². The molecule has 2 N–H and O–H groups in total. The van der Waals surface area contributed by atoms with Crippen LogP contribution >= 0.6 is 0 Å². The van der Waals surface area contributed by atoms with Gasteiger partial charge in [-0.15, -0.1) is 0 Å². The lowest BCUT2D eigenvalue weighted by atomic mass is 10.1. The van der Waals surface area contributed by atoms with Crippen LogP contribution in [0, 0.1) is 0 Å². The number of methoxy groups -OCH3 is 1. The van der Waals surface area contributed by atoms with Crippen LogP contribution in [0.1, 0.15) is 20.8 Å². The molecule has 0 spiro atoms. The summed E-state index contributed by atoms with van der Waals surface area (Å²) in [5, 5.41) is 5.79. The summed E-state index contributed by atoms with van der Waals surface area (Å²) in [5.41, 5.74) is 1.50. The second kappa shape index (κ2) is 7.08. The number of likely N-dealkylation sites (N-methyl/N-ethyl adjacent to an activating group) is 1. The minimum atomic E-state index is -0.285. The van der Waals surface area contributed by atoms with Crippen LogP contribution in [0.3, 0.4) is 0 Å². The maximum Gasteiger partial charge on any atom is 0.319 e. The summed E-state index contributed by atoms with van der Waals surface area (Å²) in [7, 11) is 3.74. The van der Waals surface area contributed by atoms with E-state index in [-0.39, 0.29) is 11.6 Å². The number of urea groups is 1. The van der Waals surface area contributed by atoms with E-state index in [1.54, 1.807) is 7.11 Å². The third kappa shape index (κ3) is 5.03. The van der Waals surface area contributed by atoms with Gasteiger partial charge in [0.2, 0.25) is 0 Å². The van der Waals surface area contributed by atoms with Gasteiger partial charge in [0, 0.05) is 37.4 Å². The number of anilines is 2. The average molecular weight is 320 g/mol. The summed E-state index contributed by atoms with van der Waals surface area (Å²) < 4.78 is 5.37. The van der Waals surface area contributed by atoms with Crippen molar-refractivity contribution in [3.63, 3.8) is 0 Å². The van der Waals surface area contributed by atoms with Crippen LogP contribution in [0.4, 0.5) is 16.2 Å². The maximum atomic E-state index is 12.1. The van der Waals surface area contributed by atoms with Crippen LogP contribution < -0.4 is 20.3 Å². The minimum absolute atomic E-state index is 0.230. The second-order valence-electron chi connectivity index (χ2n) is 7.00. The smallest absolute Gasteiger partial charge is 0.319 e. The van der Waals surface area contributed by atoms with E-state index in [9.17, 15) is 4.79 Å². The predicted molar refractivity (Wildman–Crippen MR) is 94.6 cm³/mol. The molecule has 0 radical (unpaired) electrons. The Bertz CT molecular complexity index is 546. The zero-order valence-corrected chi connectivity index (χ0v) is 14.8. The average Bonchev–Trinajstić information content (AvgIpc) is 2.46. The standard InChI is InChI=1S/C17H28N4O2/c1-17(2,3)19-16(22)18-14-12-13(6-7-15(14)23-5)21-10-8-20(4)9-11-21/h6-7,12H,8-11H2,1-5H3,(H2,18,19,22). The van der Waals surface area contributed by atoms with Gasteiger partial charge >= 0.3 is 6.03 Å². The van der Waals surface area contributed by atoms with E-state index in [1.165, 1.54) is 0 Å². The lowest BCUT2D eigenvalue weighted by Gasteiger charge is -2.34. The Hall–Kier alpha value is -1.95. The molecule has 1 heterocycles. The van der Waals surface area contributed by atoms with Crippen LogP contribution in [0.15, 0.2) is 18.2 Å². The number of nitrogens with zero attached hydrogens (tertiary/aromatic N) is 2. The molecule has 1 aliphatic heterocycles. The van der Waals surface area contributed by atoms with E-state index in [0.717, 1.165) is 31.9 Å². The Labute approximate surface area is 138 Å². The lowest BCUT2D eigenvalue weighted by Crippen LogP contribution is -2.44. The van der Waals surface area contributed by atoms with Crippen molar-refractivity contribution >= 4 is 17.4 Å². The van der Waals surface area contributed by atoms with Gasteiger partial charge in [0.05, 0.1) is 12.8 Å². The molecule has 0 aliphatic carbocycles. The molecular formula is C17H28N4O2. The first-order valence-electron chi connectivity index (χ1n) is 7.99. The number of benzene rings is 1. The Morgan fingerprint density at radius 2 is 1.83 bits per heavy atom. The quantitative estimate of drug-likeness (QED) is 0.898. The third-order valence-electron chi connectivity index (χ3n) is 3.79. The van der Waals surface area contributed by atoms with E-state index >= 15 is 0 Å². The van der Waals surface area contributed by atoms with E-state index in [0.29, 0.717) is 11.4 Å². The lowest BCUT2D eigenvalue weighted by molar-refractivity contribution is 0.243. The van der Waals surface area contributed by atoms with Gasteiger partial charge in [-0.05, 0) is 46.0 Å². The van der Waals surface area contributed by atoms with Crippen LogP contribution in [0.5, 0.6) is 5.75 Å². The molecule has 2 amide bonds. The highest BCUT2D eigenvalue weighted by Gasteiger charge is 2.18. The van der Waals surface area contributed by atoms with Gasteiger partial charge in [-0.3, -0.25) is 0 Å². The van der Waals surface area contributed by atoms with Crippen molar-refractivity contribution < 1.29 is 9.53 Å². The fourth-order valence-electron chi connectivity index (χ4n) is 2.55. The molecule has 1 aromatic rings. The van der Waals surface area contributed by atoms with E-state index < -0.39 is 0 Å². The molecular weight excluding hydrogens is 292 g/mol. The van der Waals surface area contributed by atoms with Crippen LogP contribution in [0.25, 0.3) is 0 Å². The summed E-state index contributed by atoms with van der Waals surface area (Å²) in [6.45, 7) is 9.89. The molecule has 0 atom stereocenters. The summed E-state index contributed by atoms with van der Waals surface area (Å²) in [4.78, 5) is 16.8. The van der Waals surface area contributed by atoms with E-state index in [1.807, 2.05) is 39.0 Å². The molecule has 1 aliphatic rings. The number of rotatable bonds is 3. The molecule has 1 fully saturated rings. The van der Waals surface area contributed by atoms with Gasteiger partial charge in [-0.1, -0.05) is 0 Å². The van der Waals surface area contributed by atoms with E-state index in [4.69, 9.17) is 4.74 Å². The van der Waals surface area contributed by atoms with Gasteiger partial charge < -0.3 is 25.2 Å². The van der Waals surface area contributed by atoms with Crippen molar-refractivity contribution in [1.82, 2.24) is 10.2 Å². The van der Waals surface area contributed by atoms with Crippen LogP contribution in [-0.2, 0) is 0 Å². The summed E-state index contributed by atoms with van der Waals surface area (Å²) in [6, 6.07) is 5.69. The first-order chi connectivity index (χ1) is 10.8. The van der Waals surface area contributed by atoms with Crippen molar-refractivity contribution in [2.24, 2.45) is 0 Å². The van der Waals surface area contributed by atoms with Gasteiger partial charge in [-0.2, -0.15) is 0 Å². The number of ether oxygens (including phenoxy) is 1. The molecule has 23 heavy (non-hydrogen) atoms. The highest BCUT2D eigenvalue weighted by atomic mass is 16.5. The summed E-state index contributed by atoms with van der Waals surface area (Å²) >= 11 is 0. The van der Waals surface area contributed by atoms with Crippen molar-refractivity contribution in [1.29, 1.82) is 0 Å². The third-order valence-corrected chi connectivity index (χ3v) is 3.79. The molecule has 0 saturated carbocycles. The monoisotopic (exact) mass is 320 g/mol. The van der Waals surface area contributed by atoms with Gasteiger partial charge in [0.25, 0.3) is 0 Å². The topological polar surface area (TPSA) is 56.8 Å². The summed E-state index contributed by atoms with van der Waals surface area (Å²) in [5.74, 6) is 0.659. The number of hydrogen-bond donors (Lipinski definition) is 2. The summed E-state index contributed by atoms with van der Waals surface area (Å²) in [6.07, 6.45) is 0. The number of carbonyl (C=O) groups excluding carboxylic acids is 1. The molecule has 6 nitrogen and oxygen atoms in total. The Balaban J connectivity index is 2.14. The first-order valence-corrected chi connectivity index (χ1v) is 7.99. The normalized spacial score (nSPS) is 16.1. The largest absolute Gasteiger partial charge is 0.495 e. The molecule has 1 aromatic carbocycles. The number of piperazine rings is 1. The molecule has 6 heteroatoms. The van der Waals surface area contributed by atoms with Crippen molar-refractivity contribution in [3.8, 4) is 5.75 Å². The zero-order valence-electron chi connectivity index (χ0n) is 14.8. The molecule has 0 bridgehead atoms. The minimum Gasteiger partial charge on any atom is -0.495 e. The maximum absolute atomic E-state index is 12.1. The Kier molecular flexibility index (Phi) is 5.36. The van der Waals surface area contributed by atoms with Crippen LogP contribution in [-0.4, -0.2) is 56.8 Å². The van der Waals surface area contributed by atoms with Gasteiger partial charge in [-0.25, -0.2) is 4.79 Å². The Morgan fingerprint density at radius 3 is 2.39 bits per heavy atom. The van der Waals surface area contributed by atoms with Gasteiger partial charge in [0.1, 0.15) is 5.75 Å². The number of amides is 2. The van der Waals surface area contributed by atoms with Crippen molar-refractivity contribution in [2.45, 2.75) is 26.3 Å². The predicted octanol–water partition coefficient (Wildman–Crippen LogP) is 2.37. The highest BCUT2D eigenvalue weighted by Crippen LogP contribution is 2.30. The molecule has 2 rings (SSSR count). The zero-order chi connectivity index (χ0) is 17.0. The SMILES string of the molecule is COc1ccc(N2CCN(C)CC2)cc1NC(=O)NC(C)(C)C. The number of hydrogen-bond acceptors (Lipinski definition) is 4. The van der Waals surface area contributed by atoms with Gasteiger partial charge in [0.15, 0.2) is 0 Å². The number of nitrogens with one attached hydrogen (secondary N) is 2. The molecule has 0 aromatic heterocycles. The van der Waals surface area contributed by atoms with Crippen LogP contribution in [0.2, 0.25) is 0 Å².